The molecular weight excluding hydrogens is 318 g/mol. The number of carbonyl (C=O) groups is 2. The monoisotopic (exact) mass is 347 g/mol. The zero-order valence-electron chi connectivity index (χ0n) is 15.3. The summed E-state index contributed by atoms with van der Waals surface area (Å²) >= 11 is 0. The van der Waals surface area contributed by atoms with E-state index >= 15 is 0 Å². The molecule has 25 heavy (non-hydrogen) atoms. The molecule has 5 nitrogen and oxygen atoms in total. The third-order valence-electron chi connectivity index (χ3n) is 4.74. The maximum absolute atomic E-state index is 12.2. The molecule has 1 fully saturated rings. The van der Waals surface area contributed by atoms with Gasteiger partial charge in [-0.1, -0.05) is 31.9 Å². The Morgan fingerprint density at radius 1 is 1.12 bits per heavy atom. The van der Waals surface area contributed by atoms with E-state index in [4.69, 9.17) is 9.47 Å². The number of esters is 1. The lowest BCUT2D eigenvalue weighted by Gasteiger charge is -2.30. The molecule has 5 heteroatoms. The average Bonchev–Trinajstić information content (AvgIpc) is 2.66. The van der Waals surface area contributed by atoms with Gasteiger partial charge in [0.15, 0.2) is 6.61 Å². The van der Waals surface area contributed by atoms with E-state index in [1.54, 1.807) is 4.90 Å². The van der Waals surface area contributed by atoms with Crippen LogP contribution in [-0.2, 0) is 20.7 Å². The van der Waals surface area contributed by atoms with E-state index in [1.165, 1.54) is 31.9 Å². The number of amides is 1. The molecule has 0 radical (unpaired) electrons. The Labute approximate surface area is 150 Å². The zero-order chi connectivity index (χ0) is 18.1. The van der Waals surface area contributed by atoms with Crippen LogP contribution >= 0.6 is 0 Å². The molecule has 0 N–H and O–H groups in total. The third kappa shape index (κ3) is 6.07. The number of aryl methyl sites for hydroxylation is 1. The Balaban J connectivity index is 1.72. The number of rotatable bonds is 8. The molecule has 1 aromatic carbocycles. The molecule has 1 heterocycles. The topological polar surface area (TPSA) is 55.8 Å². The normalized spacial score (nSPS) is 15.0. The molecule has 0 spiro atoms. The van der Waals surface area contributed by atoms with Crippen LogP contribution in [-0.4, -0.2) is 43.6 Å². The van der Waals surface area contributed by atoms with Crippen LogP contribution < -0.4 is 4.74 Å². The Bertz CT molecular complexity index is 547. The molecule has 1 aliphatic rings. The summed E-state index contributed by atoms with van der Waals surface area (Å²) in [6, 6.07) is 7.99. The van der Waals surface area contributed by atoms with Crippen LogP contribution in [0.25, 0.3) is 0 Å². The number of ether oxygens (including phenoxy) is 2. The van der Waals surface area contributed by atoms with Gasteiger partial charge in [-0.15, -0.1) is 0 Å². The van der Waals surface area contributed by atoms with Crippen LogP contribution in [0, 0.1) is 5.92 Å². The summed E-state index contributed by atoms with van der Waals surface area (Å²) in [5.74, 6) is 0.421. The van der Waals surface area contributed by atoms with Gasteiger partial charge in [-0.3, -0.25) is 9.59 Å². The highest BCUT2D eigenvalue weighted by Gasteiger charge is 2.27. The molecule has 0 bridgehead atoms. The van der Waals surface area contributed by atoms with E-state index in [-0.39, 0.29) is 24.4 Å². The number of nitrogens with zero attached hydrogens (tertiary/aromatic N) is 1. The van der Waals surface area contributed by atoms with Crippen molar-refractivity contribution in [2.45, 2.75) is 45.4 Å². The molecule has 1 aliphatic heterocycles. The van der Waals surface area contributed by atoms with Gasteiger partial charge in [-0.2, -0.15) is 0 Å². The van der Waals surface area contributed by atoms with E-state index in [0.29, 0.717) is 25.9 Å². The largest absolute Gasteiger partial charge is 0.484 e. The number of hydrogen-bond acceptors (Lipinski definition) is 4. The third-order valence-corrected chi connectivity index (χ3v) is 4.74. The van der Waals surface area contributed by atoms with Gasteiger partial charge in [-0.25, -0.2) is 0 Å². The van der Waals surface area contributed by atoms with Gasteiger partial charge in [0.25, 0.3) is 5.91 Å². The van der Waals surface area contributed by atoms with Gasteiger partial charge in [-0.05, 0) is 43.4 Å². The Morgan fingerprint density at radius 2 is 1.80 bits per heavy atom. The first-order valence-electron chi connectivity index (χ1n) is 9.21. The van der Waals surface area contributed by atoms with Crippen molar-refractivity contribution < 1.29 is 19.1 Å². The summed E-state index contributed by atoms with van der Waals surface area (Å²) < 4.78 is 10.4. The SMILES string of the molecule is CCCCCc1ccc(OCC(=O)N2CCC(C(=O)OC)CC2)cc1. The van der Waals surface area contributed by atoms with E-state index in [2.05, 4.69) is 19.1 Å². The molecule has 0 aliphatic carbocycles. The van der Waals surface area contributed by atoms with Crippen molar-refractivity contribution in [3.05, 3.63) is 29.8 Å². The number of carbonyl (C=O) groups excluding carboxylic acids is 2. The Kier molecular flexibility index (Phi) is 7.76. The summed E-state index contributed by atoms with van der Waals surface area (Å²) in [6.45, 7) is 3.40. The van der Waals surface area contributed by atoms with Gasteiger partial charge < -0.3 is 14.4 Å². The molecule has 0 unspecified atom stereocenters. The fraction of sp³-hybridized carbons (Fsp3) is 0.600. The predicted molar refractivity (Wildman–Crippen MR) is 96.5 cm³/mol. The molecule has 1 aromatic rings. The first-order chi connectivity index (χ1) is 12.1. The first-order valence-corrected chi connectivity index (χ1v) is 9.21. The van der Waals surface area contributed by atoms with E-state index in [0.717, 1.165) is 12.2 Å². The van der Waals surface area contributed by atoms with Gasteiger partial charge in [0.2, 0.25) is 0 Å². The minimum atomic E-state index is -0.178. The second-order valence-corrected chi connectivity index (χ2v) is 6.57. The Morgan fingerprint density at radius 3 is 2.40 bits per heavy atom. The molecule has 0 aromatic heterocycles. The quantitative estimate of drug-likeness (QED) is 0.535. The Hall–Kier alpha value is -2.04. The highest BCUT2D eigenvalue weighted by molar-refractivity contribution is 5.78. The zero-order valence-corrected chi connectivity index (χ0v) is 15.3. The van der Waals surface area contributed by atoms with Crippen LogP contribution in [0.2, 0.25) is 0 Å². The van der Waals surface area contributed by atoms with E-state index in [1.807, 2.05) is 12.1 Å². The minimum absolute atomic E-state index is 0.0321. The van der Waals surface area contributed by atoms with Crippen LogP contribution in [0.4, 0.5) is 0 Å². The van der Waals surface area contributed by atoms with Gasteiger partial charge in [0.05, 0.1) is 13.0 Å². The smallest absolute Gasteiger partial charge is 0.308 e. The van der Waals surface area contributed by atoms with E-state index in [9.17, 15) is 9.59 Å². The van der Waals surface area contributed by atoms with Crippen molar-refractivity contribution in [1.82, 2.24) is 4.90 Å². The highest BCUT2D eigenvalue weighted by atomic mass is 16.5. The maximum Gasteiger partial charge on any atom is 0.308 e. The summed E-state index contributed by atoms with van der Waals surface area (Å²) in [5.41, 5.74) is 1.30. The molecule has 0 atom stereocenters. The van der Waals surface area contributed by atoms with Gasteiger partial charge in [0, 0.05) is 13.1 Å². The standard InChI is InChI=1S/C20H29NO4/c1-3-4-5-6-16-7-9-18(10-8-16)25-15-19(22)21-13-11-17(12-14-21)20(23)24-2/h7-10,17H,3-6,11-15H2,1-2H3. The second kappa shape index (κ2) is 10.1. The fourth-order valence-electron chi connectivity index (χ4n) is 3.10. The number of hydrogen-bond donors (Lipinski definition) is 0. The van der Waals surface area contributed by atoms with Gasteiger partial charge >= 0.3 is 5.97 Å². The van der Waals surface area contributed by atoms with Crippen molar-refractivity contribution in [3.63, 3.8) is 0 Å². The summed E-state index contributed by atoms with van der Waals surface area (Å²) in [5, 5.41) is 0. The number of benzene rings is 1. The minimum Gasteiger partial charge on any atom is -0.484 e. The molecule has 138 valence electrons. The summed E-state index contributed by atoms with van der Waals surface area (Å²) in [7, 11) is 1.41. The number of likely N-dealkylation sites (tertiary alicyclic amines) is 1. The summed E-state index contributed by atoms with van der Waals surface area (Å²) in [4.78, 5) is 25.5. The molecule has 1 saturated heterocycles. The van der Waals surface area contributed by atoms with Crippen molar-refractivity contribution in [1.29, 1.82) is 0 Å². The fourth-order valence-corrected chi connectivity index (χ4v) is 3.10. The van der Waals surface area contributed by atoms with Crippen LogP contribution in [0.1, 0.15) is 44.6 Å². The van der Waals surface area contributed by atoms with E-state index < -0.39 is 0 Å². The van der Waals surface area contributed by atoms with Crippen molar-refractivity contribution in [3.8, 4) is 5.75 Å². The number of unbranched alkanes of at least 4 members (excludes halogenated alkanes) is 2. The van der Waals surface area contributed by atoms with Crippen LogP contribution in [0.5, 0.6) is 5.75 Å². The van der Waals surface area contributed by atoms with Crippen molar-refractivity contribution >= 4 is 11.9 Å². The predicted octanol–water partition coefficient (Wildman–Crippen LogP) is 3.21. The molecule has 2 rings (SSSR count). The summed E-state index contributed by atoms with van der Waals surface area (Å²) in [6.07, 6.45) is 6.08. The highest BCUT2D eigenvalue weighted by Crippen LogP contribution is 2.19. The average molecular weight is 347 g/mol. The van der Waals surface area contributed by atoms with Crippen molar-refractivity contribution in [2.75, 3.05) is 26.8 Å². The maximum atomic E-state index is 12.2. The lowest BCUT2D eigenvalue weighted by molar-refractivity contribution is -0.149. The van der Waals surface area contributed by atoms with Crippen LogP contribution in [0.15, 0.2) is 24.3 Å². The molecule has 0 saturated carbocycles. The lowest BCUT2D eigenvalue weighted by atomic mass is 9.97. The molecular formula is C20H29NO4. The molecule has 1 amide bonds. The van der Waals surface area contributed by atoms with Gasteiger partial charge in [0.1, 0.15) is 5.75 Å². The van der Waals surface area contributed by atoms with Crippen molar-refractivity contribution in [2.24, 2.45) is 5.92 Å². The van der Waals surface area contributed by atoms with Crippen LogP contribution in [0.3, 0.4) is 0 Å². The number of piperidine rings is 1. The number of methoxy groups -OCH3 is 1. The second-order valence-electron chi connectivity index (χ2n) is 6.57. The first kappa shape index (κ1) is 19.3. The lowest BCUT2D eigenvalue weighted by Crippen LogP contribution is -2.42.